The minimum absolute atomic E-state index is 0.00479. The summed E-state index contributed by atoms with van der Waals surface area (Å²) in [6.07, 6.45) is 5.76. The summed E-state index contributed by atoms with van der Waals surface area (Å²) in [6, 6.07) is 6.22. The fourth-order valence-electron chi connectivity index (χ4n) is 4.54. The molecule has 1 aliphatic heterocycles. The summed E-state index contributed by atoms with van der Waals surface area (Å²) < 4.78 is 13.1. The first-order valence-corrected chi connectivity index (χ1v) is 11.2. The number of carbonyl (C=O) groups excluding carboxylic acids is 1. The Morgan fingerprint density at radius 3 is 2.41 bits per heavy atom. The first-order chi connectivity index (χ1) is 14.0. The molecular formula is C22H33FN4OS. The van der Waals surface area contributed by atoms with Gasteiger partial charge in [0.2, 0.25) is 5.91 Å². The number of amides is 1. The zero-order valence-electron chi connectivity index (χ0n) is 17.6. The van der Waals surface area contributed by atoms with Gasteiger partial charge in [0, 0.05) is 45.5 Å². The molecule has 2 aliphatic rings. The molecule has 1 heterocycles. The van der Waals surface area contributed by atoms with Gasteiger partial charge in [-0.1, -0.05) is 19.8 Å². The minimum atomic E-state index is -0.259. The van der Waals surface area contributed by atoms with E-state index in [1.807, 2.05) is 11.9 Å². The molecule has 2 fully saturated rings. The number of carbonyl (C=O) groups is 1. The summed E-state index contributed by atoms with van der Waals surface area (Å²) in [6.45, 7) is 6.17. The first-order valence-electron chi connectivity index (χ1n) is 10.8. The van der Waals surface area contributed by atoms with Crippen molar-refractivity contribution < 1.29 is 9.18 Å². The van der Waals surface area contributed by atoms with Crippen molar-refractivity contribution in [2.75, 3.05) is 45.1 Å². The van der Waals surface area contributed by atoms with Crippen LogP contribution in [0.15, 0.2) is 24.3 Å². The summed E-state index contributed by atoms with van der Waals surface area (Å²) in [7, 11) is 1.94. The maximum atomic E-state index is 13.2. The van der Waals surface area contributed by atoms with Gasteiger partial charge in [-0.3, -0.25) is 9.69 Å². The Labute approximate surface area is 179 Å². The number of rotatable bonds is 6. The van der Waals surface area contributed by atoms with Crippen molar-refractivity contribution in [1.29, 1.82) is 0 Å². The molecule has 1 aliphatic carbocycles. The van der Waals surface area contributed by atoms with Crippen LogP contribution in [-0.4, -0.2) is 71.5 Å². The van der Waals surface area contributed by atoms with E-state index >= 15 is 0 Å². The third kappa shape index (κ3) is 5.66. The van der Waals surface area contributed by atoms with E-state index in [1.54, 1.807) is 12.1 Å². The van der Waals surface area contributed by atoms with Crippen molar-refractivity contribution in [2.24, 2.45) is 5.92 Å². The zero-order chi connectivity index (χ0) is 20.8. The van der Waals surface area contributed by atoms with Gasteiger partial charge >= 0.3 is 0 Å². The van der Waals surface area contributed by atoms with Crippen molar-refractivity contribution >= 4 is 28.9 Å². The number of nitrogens with zero attached hydrogens (tertiary/aromatic N) is 3. The predicted octanol–water partition coefficient (Wildman–Crippen LogP) is 3.57. The number of anilines is 1. The highest BCUT2D eigenvalue weighted by molar-refractivity contribution is 7.80. The summed E-state index contributed by atoms with van der Waals surface area (Å²) in [5.74, 6) is 0.489. The number of likely N-dealkylation sites (N-methyl/N-ethyl adjacent to an activating group) is 1. The second-order valence-corrected chi connectivity index (χ2v) is 8.60. The van der Waals surface area contributed by atoms with Crippen LogP contribution in [0.4, 0.5) is 10.1 Å². The lowest BCUT2D eigenvalue weighted by molar-refractivity contribution is -0.138. The highest BCUT2D eigenvalue weighted by Crippen LogP contribution is 2.32. The predicted molar refractivity (Wildman–Crippen MR) is 119 cm³/mol. The topological polar surface area (TPSA) is 38.8 Å². The second kappa shape index (κ2) is 10.3. The molecule has 1 amide bonds. The van der Waals surface area contributed by atoms with E-state index in [4.69, 9.17) is 12.2 Å². The lowest BCUT2D eigenvalue weighted by Crippen LogP contribution is -2.58. The Morgan fingerprint density at radius 1 is 1.21 bits per heavy atom. The van der Waals surface area contributed by atoms with Crippen LogP contribution in [-0.2, 0) is 4.79 Å². The van der Waals surface area contributed by atoms with E-state index in [0.29, 0.717) is 11.0 Å². The lowest BCUT2D eigenvalue weighted by atomic mass is 9.94. The highest BCUT2D eigenvalue weighted by atomic mass is 32.1. The van der Waals surface area contributed by atoms with E-state index in [1.165, 1.54) is 25.0 Å². The van der Waals surface area contributed by atoms with Crippen LogP contribution in [0.2, 0.25) is 0 Å². The standard InChI is InChI=1S/C22H33FN4OS/c1-3-12-25(2)21(28)20(17-6-4-5-7-17)26-13-15-27(16-14-26)22(29)24-19-10-8-18(23)9-11-19/h8-11,17,20H,3-7,12-16H2,1-2H3,(H,24,29). The van der Waals surface area contributed by atoms with Crippen LogP contribution in [0.3, 0.4) is 0 Å². The molecule has 160 valence electrons. The van der Waals surface area contributed by atoms with Crippen molar-refractivity contribution in [3.63, 3.8) is 0 Å². The molecule has 1 atom stereocenters. The lowest BCUT2D eigenvalue weighted by Gasteiger charge is -2.42. The number of hydrogen-bond donors (Lipinski definition) is 1. The summed E-state index contributed by atoms with van der Waals surface area (Å²) >= 11 is 5.56. The molecule has 0 radical (unpaired) electrons. The Kier molecular flexibility index (Phi) is 7.84. The second-order valence-electron chi connectivity index (χ2n) is 8.21. The van der Waals surface area contributed by atoms with Gasteiger partial charge in [0.15, 0.2) is 5.11 Å². The molecule has 1 unspecified atom stereocenters. The Bertz CT molecular complexity index is 685. The molecule has 0 spiro atoms. The molecular weight excluding hydrogens is 387 g/mol. The van der Waals surface area contributed by atoms with Gasteiger partial charge in [0.1, 0.15) is 5.82 Å². The molecule has 1 aromatic rings. The maximum Gasteiger partial charge on any atom is 0.239 e. The average Bonchev–Trinajstić information content (AvgIpc) is 3.25. The van der Waals surface area contributed by atoms with Crippen molar-refractivity contribution in [3.05, 3.63) is 30.1 Å². The summed E-state index contributed by atoms with van der Waals surface area (Å²) in [5.41, 5.74) is 0.791. The molecule has 0 aromatic heterocycles. The van der Waals surface area contributed by atoms with Crippen molar-refractivity contribution in [3.8, 4) is 0 Å². The van der Waals surface area contributed by atoms with Crippen LogP contribution < -0.4 is 5.32 Å². The number of benzene rings is 1. The molecule has 7 heteroatoms. The Balaban J connectivity index is 1.59. The minimum Gasteiger partial charge on any atom is -0.346 e. The van der Waals surface area contributed by atoms with Crippen LogP contribution in [0.1, 0.15) is 39.0 Å². The number of hydrogen-bond acceptors (Lipinski definition) is 3. The molecule has 1 saturated heterocycles. The van der Waals surface area contributed by atoms with Gasteiger partial charge in [0.25, 0.3) is 0 Å². The third-order valence-corrected chi connectivity index (χ3v) is 6.49. The van der Waals surface area contributed by atoms with E-state index in [2.05, 4.69) is 22.0 Å². The Hall–Kier alpha value is -1.73. The normalized spacial score (nSPS) is 19.2. The first kappa shape index (κ1) is 22.0. The number of thiocarbonyl (C=S) groups is 1. The van der Waals surface area contributed by atoms with Gasteiger partial charge in [-0.05, 0) is 61.7 Å². The fourth-order valence-corrected chi connectivity index (χ4v) is 4.84. The number of piperazine rings is 1. The zero-order valence-corrected chi connectivity index (χ0v) is 18.4. The van der Waals surface area contributed by atoms with Crippen molar-refractivity contribution in [1.82, 2.24) is 14.7 Å². The molecule has 29 heavy (non-hydrogen) atoms. The largest absolute Gasteiger partial charge is 0.346 e. The van der Waals surface area contributed by atoms with Crippen LogP contribution >= 0.6 is 12.2 Å². The Morgan fingerprint density at radius 2 is 1.83 bits per heavy atom. The maximum absolute atomic E-state index is 13.2. The van der Waals surface area contributed by atoms with Crippen LogP contribution in [0, 0.1) is 11.7 Å². The smallest absolute Gasteiger partial charge is 0.239 e. The molecule has 5 nitrogen and oxygen atoms in total. The molecule has 1 N–H and O–H groups in total. The van der Waals surface area contributed by atoms with Gasteiger partial charge < -0.3 is 15.1 Å². The van der Waals surface area contributed by atoms with Gasteiger partial charge in [-0.25, -0.2) is 4.39 Å². The van der Waals surface area contributed by atoms with E-state index in [9.17, 15) is 9.18 Å². The molecule has 1 saturated carbocycles. The molecule has 0 bridgehead atoms. The number of halogens is 1. The summed E-state index contributed by atoms with van der Waals surface area (Å²) in [4.78, 5) is 19.6. The summed E-state index contributed by atoms with van der Waals surface area (Å²) in [5, 5.41) is 3.85. The average molecular weight is 421 g/mol. The quantitative estimate of drug-likeness (QED) is 0.713. The fraction of sp³-hybridized carbons (Fsp3) is 0.636. The van der Waals surface area contributed by atoms with E-state index in [0.717, 1.165) is 57.7 Å². The van der Waals surface area contributed by atoms with Crippen molar-refractivity contribution in [2.45, 2.75) is 45.1 Å². The van der Waals surface area contributed by atoms with Gasteiger partial charge in [0.05, 0.1) is 6.04 Å². The van der Waals surface area contributed by atoms with E-state index in [-0.39, 0.29) is 17.8 Å². The van der Waals surface area contributed by atoms with Gasteiger partial charge in [-0.15, -0.1) is 0 Å². The SMILES string of the molecule is CCCN(C)C(=O)C(C1CCCC1)N1CCN(C(=S)Nc2ccc(F)cc2)CC1. The third-order valence-electron chi connectivity index (χ3n) is 6.12. The van der Waals surface area contributed by atoms with Crippen LogP contribution in [0.25, 0.3) is 0 Å². The highest BCUT2D eigenvalue weighted by Gasteiger charge is 2.38. The van der Waals surface area contributed by atoms with Crippen LogP contribution in [0.5, 0.6) is 0 Å². The number of nitrogens with one attached hydrogen (secondary N) is 1. The van der Waals surface area contributed by atoms with Gasteiger partial charge in [-0.2, -0.15) is 0 Å². The monoisotopic (exact) mass is 420 g/mol. The molecule has 3 rings (SSSR count). The molecule has 1 aromatic carbocycles. The van der Waals surface area contributed by atoms with E-state index < -0.39 is 0 Å².